The van der Waals surface area contributed by atoms with Crippen LogP contribution in [0, 0.1) is 10.1 Å². The van der Waals surface area contributed by atoms with E-state index >= 15 is 0 Å². The summed E-state index contributed by atoms with van der Waals surface area (Å²) in [7, 11) is 0. The molecule has 2 aromatic heterocycles. The Hall–Kier alpha value is -3.20. The zero-order chi connectivity index (χ0) is 17.1. The van der Waals surface area contributed by atoms with Crippen LogP contribution in [0.3, 0.4) is 0 Å². The number of hydrogen-bond donors (Lipinski definition) is 0. The van der Waals surface area contributed by atoms with E-state index < -0.39 is 10.8 Å². The molecule has 0 aliphatic heterocycles. The number of carbonyl (C=O) groups is 1. The molecule has 0 saturated heterocycles. The van der Waals surface area contributed by atoms with Crippen molar-refractivity contribution in [1.29, 1.82) is 0 Å². The summed E-state index contributed by atoms with van der Waals surface area (Å²) in [5.74, 6) is -0.526. The van der Waals surface area contributed by atoms with Crippen molar-refractivity contribution < 1.29 is 9.72 Å². The minimum Gasteiger partial charge on any atom is -0.312 e. The minimum atomic E-state index is -0.526. The molecule has 0 radical (unpaired) electrons. The first-order chi connectivity index (χ1) is 11.6. The highest BCUT2D eigenvalue weighted by Crippen LogP contribution is 2.23. The Kier molecular flexibility index (Phi) is 4.25. The Morgan fingerprint density at radius 2 is 2.29 bits per heavy atom. The van der Waals surface area contributed by atoms with E-state index in [0.717, 1.165) is 5.52 Å². The summed E-state index contributed by atoms with van der Waals surface area (Å²) in [5.41, 5.74) is 0.864. The number of amides is 1. The van der Waals surface area contributed by atoms with Gasteiger partial charge >= 0.3 is 0 Å². The SMILES string of the molecule is C=CCn1c(=NC(=O)c2cnccn2)sc2cc([N+](=O)[O-])ccc21. The zero-order valence-corrected chi connectivity index (χ0v) is 13.1. The lowest BCUT2D eigenvalue weighted by Gasteiger charge is -2.00. The second-order valence-corrected chi connectivity index (χ2v) is 5.71. The lowest BCUT2D eigenvalue weighted by atomic mass is 10.3. The number of allylic oxidation sites excluding steroid dienone is 1. The van der Waals surface area contributed by atoms with Gasteiger partial charge in [-0.1, -0.05) is 17.4 Å². The number of non-ortho nitro benzene ring substituents is 1. The number of hydrogen-bond acceptors (Lipinski definition) is 6. The predicted molar refractivity (Wildman–Crippen MR) is 88.6 cm³/mol. The first kappa shape index (κ1) is 15.7. The van der Waals surface area contributed by atoms with Gasteiger partial charge in [-0.3, -0.25) is 19.9 Å². The number of fused-ring (bicyclic) bond motifs is 1. The number of aromatic nitrogens is 3. The molecule has 0 fully saturated rings. The van der Waals surface area contributed by atoms with Crippen LogP contribution in [0.1, 0.15) is 10.5 Å². The highest BCUT2D eigenvalue weighted by Gasteiger charge is 2.13. The molecule has 9 heteroatoms. The summed E-state index contributed by atoms with van der Waals surface area (Å²) >= 11 is 1.19. The molecule has 24 heavy (non-hydrogen) atoms. The van der Waals surface area contributed by atoms with Gasteiger partial charge in [0.1, 0.15) is 5.69 Å². The van der Waals surface area contributed by atoms with Crippen molar-refractivity contribution in [1.82, 2.24) is 14.5 Å². The van der Waals surface area contributed by atoms with Gasteiger partial charge in [0.2, 0.25) is 0 Å². The van der Waals surface area contributed by atoms with Crippen LogP contribution >= 0.6 is 11.3 Å². The van der Waals surface area contributed by atoms with Crippen LogP contribution in [0.4, 0.5) is 5.69 Å². The number of thiazole rings is 1. The quantitative estimate of drug-likeness (QED) is 0.411. The number of rotatable bonds is 4. The Morgan fingerprint density at radius 1 is 1.46 bits per heavy atom. The smallest absolute Gasteiger partial charge is 0.299 e. The van der Waals surface area contributed by atoms with Crippen LogP contribution in [-0.2, 0) is 6.54 Å². The molecular weight excluding hydrogens is 330 g/mol. The van der Waals surface area contributed by atoms with E-state index in [0.29, 0.717) is 16.0 Å². The van der Waals surface area contributed by atoms with E-state index in [9.17, 15) is 14.9 Å². The molecule has 0 aliphatic rings. The molecule has 0 aliphatic carbocycles. The summed E-state index contributed by atoms with van der Waals surface area (Å²) in [6.07, 6.45) is 5.88. The Balaban J connectivity index is 2.17. The van der Waals surface area contributed by atoms with Crippen LogP contribution in [0.2, 0.25) is 0 Å². The van der Waals surface area contributed by atoms with Gasteiger partial charge in [-0.2, -0.15) is 4.99 Å². The van der Waals surface area contributed by atoms with Gasteiger partial charge in [0.25, 0.3) is 11.6 Å². The third-order valence-corrected chi connectivity index (χ3v) is 4.21. The third-order valence-electron chi connectivity index (χ3n) is 3.17. The van der Waals surface area contributed by atoms with Crippen molar-refractivity contribution in [2.45, 2.75) is 6.54 Å². The molecule has 3 aromatic rings. The first-order valence-electron chi connectivity index (χ1n) is 6.84. The monoisotopic (exact) mass is 341 g/mol. The lowest BCUT2D eigenvalue weighted by Crippen LogP contribution is -2.16. The number of carbonyl (C=O) groups excluding carboxylic acids is 1. The third kappa shape index (κ3) is 2.97. The van der Waals surface area contributed by atoms with Crippen molar-refractivity contribution in [3.05, 3.63) is 70.1 Å². The van der Waals surface area contributed by atoms with Crippen LogP contribution < -0.4 is 4.80 Å². The largest absolute Gasteiger partial charge is 0.312 e. The van der Waals surface area contributed by atoms with Gasteiger partial charge in [0, 0.05) is 31.1 Å². The fourth-order valence-corrected chi connectivity index (χ4v) is 3.19. The van der Waals surface area contributed by atoms with E-state index in [4.69, 9.17) is 0 Å². The molecule has 0 spiro atoms. The van der Waals surface area contributed by atoms with Crippen LogP contribution in [0.25, 0.3) is 10.2 Å². The van der Waals surface area contributed by atoms with Crippen molar-refractivity contribution in [3.8, 4) is 0 Å². The summed E-state index contributed by atoms with van der Waals surface area (Å²) in [5, 5.41) is 10.9. The van der Waals surface area contributed by atoms with Gasteiger partial charge in [-0.05, 0) is 6.07 Å². The Labute approximate surface area is 139 Å². The summed E-state index contributed by atoms with van der Waals surface area (Å²) in [6, 6.07) is 4.52. The van der Waals surface area contributed by atoms with Crippen molar-refractivity contribution in [3.63, 3.8) is 0 Å². The maximum absolute atomic E-state index is 12.2. The maximum Gasteiger partial charge on any atom is 0.299 e. The molecule has 0 bridgehead atoms. The number of benzene rings is 1. The lowest BCUT2D eigenvalue weighted by molar-refractivity contribution is -0.384. The average molecular weight is 341 g/mol. The molecule has 3 rings (SSSR count). The summed E-state index contributed by atoms with van der Waals surface area (Å²) in [6.45, 7) is 4.11. The summed E-state index contributed by atoms with van der Waals surface area (Å²) < 4.78 is 2.43. The highest BCUT2D eigenvalue weighted by molar-refractivity contribution is 7.16. The maximum atomic E-state index is 12.2. The van der Waals surface area contributed by atoms with Gasteiger partial charge in [-0.15, -0.1) is 6.58 Å². The molecular formula is C15H11N5O3S. The minimum absolute atomic E-state index is 0.0127. The van der Waals surface area contributed by atoms with E-state index in [1.807, 2.05) is 0 Å². The number of nitro groups is 1. The van der Waals surface area contributed by atoms with Gasteiger partial charge in [0.05, 0.1) is 21.3 Å². The van der Waals surface area contributed by atoms with E-state index in [1.165, 1.54) is 42.1 Å². The van der Waals surface area contributed by atoms with Crippen molar-refractivity contribution in [2.24, 2.45) is 4.99 Å². The Morgan fingerprint density at radius 3 is 2.96 bits per heavy atom. The van der Waals surface area contributed by atoms with Crippen LogP contribution in [0.5, 0.6) is 0 Å². The molecule has 2 heterocycles. The number of nitrogens with zero attached hydrogens (tertiary/aromatic N) is 5. The van der Waals surface area contributed by atoms with Gasteiger partial charge < -0.3 is 4.57 Å². The number of nitro benzene ring substituents is 1. The fourth-order valence-electron chi connectivity index (χ4n) is 2.12. The predicted octanol–water partition coefficient (Wildman–Crippen LogP) is 2.33. The fraction of sp³-hybridized carbons (Fsp3) is 0.0667. The van der Waals surface area contributed by atoms with Gasteiger partial charge in [-0.25, -0.2) is 4.98 Å². The van der Waals surface area contributed by atoms with Crippen LogP contribution in [0.15, 0.2) is 54.4 Å². The second-order valence-electron chi connectivity index (χ2n) is 4.70. The average Bonchev–Trinajstić information content (AvgIpc) is 2.92. The molecule has 0 unspecified atom stereocenters. The normalized spacial score (nSPS) is 11.6. The summed E-state index contributed by atoms with van der Waals surface area (Å²) in [4.78, 5) is 34.9. The van der Waals surface area contributed by atoms with E-state index in [1.54, 1.807) is 16.7 Å². The second kappa shape index (κ2) is 6.50. The molecule has 0 N–H and O–H groups in total. The van der Waals surface area contributed by atoms with Crippen LogP contribution in [-0.4, -0.2) is 25.4 Å². The molecule has 120 valence electrons. The van der Waals surface area contributed by atoms with Gasteiger partial charge in [0.15, 0.2) is 4.80 Å². The first-order valence-corrected chi connectivity index (χ1v) is 7.65. The van der Waals surface area contributed by atoms with E-state index in [2.05, 4.69) is 21.5 Å². The molecule has 1 amide bonds. The molecule has 0 atom stereocenters. The molecule has 0 saturated carbocycles. The molecule has 1 aromatic carbocycles. The standard InChI is InChI=1S/C15H11N5O3S/c1-2-7-19-12-4-3-10(20(22)23)8-13(12)24-15(19)18-14(21)11-9-16-5-6-17-11/h2-6,8-9H,1,7H2. The Bertz CT molecular complexity index is 1010. The molecule has 8 nitrogen and oxygen atoms in total. The van der Waals surface area contributed by atoms with Crippen molar-refractivity contribution in [2.75, 3.05) is 0 Å². The topological polar surface area (TPSA) is 103 Å². The highest BCUT2D eigenvalue weighted by atomic mass is 32.1. The van der Waals surface area contributed by atoms with E-state index in [-0.39, 0.29) is 11.4 Å². The zero-order valence-electron chi connectivity index (χ0n) is 12.3. The van der Waals surface area contributed by atoms with Crippen molar-refractivity contribution >= 4 is 33.1 Å².